The van der Waals surface area contributed by atoms with Crippen LogP contribution in [0.15, 0.2) is 76.1 Å². The summed E-state index contributed by atoms with van der Waals surface area (Å²) < 4.78 is 29.1. The Bertz CT molecular complexity index is 1460. The van der Waals surface area contributed by atoms with Crippen LogP contribution < -0.4 is 10.1 Å². The number of nitrogens with zero attached hydrogens (tertiary/aromatic N) is 3. The van der Waals surface area contributed by atoms with Gasteiger partial charge in [0.25, 0.3) is 0 Å². The number of anilines is 1. The molecule has 10 heteroatoms. The van der Waals surface area contributed by atoms with Gasteiger partial charge in [-0.2, -0.15) is 5.10 Å². The molecule has 4 aromatic rings. The number of aromatic nitrogens is 1. The van der Waals surface area contributed by atoms with Crippen LogP contribution in [-0.2, 0) is 4.79 Å². The fourth-order valence-corrected chi connectivity index (χ4v) is 4.37. The smallest absolute Gasteiger partial charge is 0.221 e. The second kappa shape index (κ2) is 10.3. The summed E-state index contributed by atoms with van der Waals surface area (Å²) in [4.78, 5) is 15.9. The summed E-state index contributed by atoms with van der Waals surface area (Å²) in [6.07, 6.45) is 1.59. The van der Waals surface area contributed by atoms with Crippen molar-refractivity contribution in [2.45, 2.75) is 6.92 Å². The molecule has 1 aromatic heterocycles. The van der Waals surface area contributed by atoms with E-state index in [1.165, 1.54) is 29.0 Å². The SMILES string of the molecule is CC(=O)Nc1ccc(/C=N/n2c(-c3ccc(Cl)cc3Cl)csc2=Nc2ccc(F)cc2F)cc1. The van der Waals surface area contributed by atoms with Crippen molar-refractivity contribution in [3.05, 3.63) is 98.1 Å². The van der Waals surface area contributed by atoms with Gasteiger partial charge in [0.2, 0.25) is 10.7 Å². The monoisotopic (exact) mass is 516 g/mol. The maximum Gasteiger partial charge on any atom is 0.221 e. The minimum absolute atomic E-state index is 0.0272. The number of nitrogens with one attached hydrogen (secondary N) is 1. The van der Waals surface area contributed by atoms with E-state index in [-0.39, 0.29) is 11.6 Å². The molecule has 5 nitrogen and oxygen atoms in total. The van der Waals surface area contributed by atoms with Crippen molar-refractivity contribution in [2.75, 3.05) is 5.32 Å². The number of amides is 1. The number of carbonyl (C=O) groups is 1. The van der Waals surface area contributed by atoms with Gasteiger partial charge >= 0.3 is 0 Å². The molecule has 0 saturated carbocycles. The first-order valence-electron chi connectivity index (χ1n) is 9.88. The Morgan fingerprint density at radius 3 is 2.50 bits per heavy atom. The van der Waals surface area contributed by atoms with Gasteiger partial charge in [0.1, 0.15) is 11.5 Å². The van der Waals surface area contributed by atoms with Crippen LogP contribution in [0.4, 0.5) is 20.2 Å². The van der Waals surface area contributed by atoms with Gasteiger partial charge in [-0.15, -0.1) is 11.3 Å². The molecule has 0 aliphatic carbocycles. The predicted octanol–water partition coefficient (Wildman–Crippen LogP) is 6.87. The first kappa shape index (κ1) is 23.8. The van der Waals surface area contributed by atoms with Crippen LogP contribution in [0, 0.1) is 11.6 Å². The Kier molecular flexibility index (Phi) is 7.21. The quantitative estimate of drug-likeness (QED) is 0.289. The van der Waals surface area contributed by atoms with Gasteiger partial charge in [-0.25, -0.2) is 18.4 Å². The summed E-state index contributed by atoms with van der Waals surface area (Å²) in [7, 11) is 0. The average Bonchev–Trinajstić information content (AvgIpc) is 3.17. The van der Waals surface area contributed by atoms with Crippen LogP contribution in [-0.4, -0.2) is 16.8 Å². The number of rotatable bonds is 5. The van der Waals surface area contributed by atoms with Gasteiger partial charge in [-0.05, 0) is 48.0 Å². The molecular formula is C24H16Cl2F2N4OS. The molecule has 172 valence electrons. The number of carbonyl (C=O) groups excluding carboxylic acids is 1. The molecule has 3 aromatic carbocycles. The summed E-state index contributed by atoms with van der Waals surface area (Å²) in [6, 6.07) is 15.3. The van der Waals surface area contributed by atoms with Crippen LogP contribution in [0.5, 0.6) is 0 Å². The molecule has 0 saturated heterocycles. The van der Waals surface area contributed by atoms with E-state index >= 15 is 0 Å². The summed E-state index contributed by atoms with van der Waals surface area (Å²) in [5, 5.41) is 9.92. The zero-order chi connectivity index (χ0) is 24.2. The topological polar surface area (TPSA) is 58.8 Å². The predicted molar refractivity (Wildman–Crippen MR) is 133 cm³/mol. The molecule has 0 aliphatic rings. The standard InChI is InChI=1S/C24H16Cl2F2N4OS/c1-14(33)30-18-6-2-15(3-7-18)12-29-32-23(19-8-4-16(25)10-20(19)26)13-34-24(32)31-22-9-5-17(27)11-21(22)28/h2-13H,1H3,(H,30,33)/b29-12+,31-24?. The van der Waals surface area contributed by atoms with E-state index in [1.807, 2.05) is 0 Å². The van der Waals surface area contributed by atoms with Crippen molar-refractivity contribution in [1.82, 2.24) is 4.68 Å². The lowest BCUT2D eigenvalue weighted by molar-refractivity contribution is -0.114. The minimum Gasteiger partial charge on any atom is -0.326 e. The fourth-order valence-electron chi connectivity index (χ4n) is 3.03. The Morgan fingerprint density at radius 1 is 1.06 bits per heavy atom. The molecule has 0 atom stereocenters. The third-order valence-corrected chi connectivity index (χ3v) is 5.94. The number of benzene rings is 3. The summed E-state index contributed by atoms with van der Waals surface area (Å²) in [5.74, 6) is -1.65. The van der Waals surface area contributed by atoms with Crippen molar-refractivity contribution in [2.24, 2.45) is 10.1 Å². The van der Waals surface area contributed by atoms with Crippen LogP contribution in [0.2, 0.25) is 10.0 Å². The van der Waals surface area contributed by atoms with E-state index in [2.05, 4.69) is 15.4 Å². The van der Waals surface area contributed by atoms with Crippen molar-refractivity contribution in [3.8, 4) is 11.3 Å². The molecule has 4 rings (SSSR count). The lowest BCUT2D eigenvalue weighted by atomic mass is 10.2. The lowest BCUT2D eigenvalue weighted by Crippen LogP contribution is -2.12. The van der Waals surface area contributed by atoms with Gasteiger partial charge in [-0.1, -0.05) is 35.3 Å². The summed E-state index contributed by atoms with van der Waals surface area (Å²) >= 11 is 13.7. The highest BCUT2D eigenvalue weighted by Gasteiger charge is 2.12. The zero-order valence-corrected chi connectivity index (χ0v) is 19.9. The van der Waals surface area contributed by atoms with E-state index in [4.69, 9.17) is 23.2 Å². The molecule has 0 unspecified atom stereocenters. The molecule has 34 heavy (non-hydrogen) atoms. The summed E-state index contributed by atoms with van der Waals surface area (Å²) in [5.41, 5.74) is 2.64. The van der Waals surface area contributed by atoms with E-state index < -0.39 is 11.6 Å². The maximum atomic E-state index is 14.2. The van der Waals surface area contributed by atoms with Crippen molar-refractivity contribution >= 4 is 58.0 Å². The third-order valence-electron chi connectivity index (χ3n) is 4.57. The minimum atomic E-state index is -0.788. The molecule has 1 N–H and O–H groups in total. The van der Waals surface area contributed by atoms with Crippen molar-refractivity contribution in [3.63, 3.8) is 0 Å². The van der Waals surface area contributed by atoms with Gasteiger partial charge in [0.05, 0.1) is 16.9 Å². The Balaban J connectivity index is 1.81. The van der Waals surface area contributed by atoms with Crippen molar-refractivity contribution in [1.29, 1.82) is 0 Å². The second-order valence-electron chi connectivity index (χ2n) is 7.09. The normalized spacial score (nSPS) is 11.9. The average molecular weight is 517 g/mol. The summed E-state index contributed by atoms with van der Waals surface area (Å²) in [6.45, 7) is 1.43. The Labute approximate surface area is 207 Å². The largest absolute Gasteiger partial charge is 0.326 e. The molecule has 0 bridgehead atoms. The number of halogens is 4. The highest BCUT2D eigenvalue weighted by atomic mass is 35.5. The van der Waals surface area contributed by atoms with E-state index in [0.717, 1.165) is 17.7 Å². The van der Waals surface area contributed by atoms with E-state index in [9.17, 15) is 13.6 Å². The second-order valence-corrected chi connectivity index (χ2v) is 8.77. The van der Waals surface area contributed by atoms with Crippen LogP contribution in [0.1, 0.15) is 12.5 Å². The number of thiazole rings is 1. The zero-order valence-electron chi connectivity index (χ0n) is 17.6. The number of hydrogen-bond acceptors (Lipinski definition) is 4. The number of hydrogen-bond donors (Lipinski definition) is 1. The first-order valence-corrected chi connectivity index (χ1v) is 11.5. The molecule has 0 radical (unpaired) electrons. The molecule has 0 fully saturated rings. The van der Waals surface area contributed by atoms with Gasteiger partial charge < -0.3 is 5.32 Å². The van der Waals surface area contributed by atoms with E-state index in [0.29, 0.717) is 31.8 Å². The molecular weight excluding hydrogens is 501 g/mol. The molecule has 0 aliphatic heterocycles. The fraction of sp³-hybridized carbons (Fsp3) is 0.0417. The maximum absolute atomic E-state index is 14.2. The van der Waals surface area contributed by atoms with Gasteiger partial charge in [0.15, 0.2) is 5.82 Å². The van der Waals surface area contributed by atoms with Gasteiger partial charge in [0, 0.05) is 34.6 Å². The third kappa shape index (κ3) is 5.59. The van der Waals surface area contributed by atoms with Crippen LogP contribution in [0.3, 0.4) is 0 Å². The molecule has 0 spiro atoms. The van der Waals surface area contributed by atoms with Crippen molar-refractivity contribution < 1.29 is 13.6 Å². The van der Waals surface area contributed by atoms with Gasteiger partial charge in [-0.3, -0.25) is 4.79 Å². The Hall–Kier alpha value is -3.33. The molecule has 1 heterocycles. The Morgan fingerprint density at radius 2 is 1.82 bits per heavy atom. The highest BCUT2D eigenvalue weighted by Crippen LogP contribution is 2.31. The lowest BCUT2D eigenvalue weighted by Gasteiger charge is -2.07. The van der Waals surface area contributed by atoms with Crippen LogP contribution in [0.25, 0.3) is 11.3 Å². The molecule has 1 amide bonds. The highest BCUT2D eigenvalue weighted by molar-refractivity contribution is 7.07. The van der Waals surface area contributed by atoms with E-state index in [1.54, 1.807) is 54.1 Å². The first-order chi connectivity index (χ1) is 16.3. The van der Waals surface area contributed by atoms with Crippen LogP contribution >= 0.6 is 34.5 Å².